The van der Waals surface area contributed by atoms with Crippen LogP contribution in [-0.4, -0.2) is 20.6 Å². The van der Waals surface area contributed by atoms with Crippen LogP contribution in [0.2, 0.25) is 0 Å². The van der Waals surface area contributed by atoms with E-state index >= 15 is 0 Å². The maximum Gasteiger partial charge on any atom is 0.372 e. The molecule has 4 heteroatoms. The minimum absolute atomic E-state index is 0.0586. The summed E-state index contributed by atoms with van der Waals surface area (Å²) < 4.78 is 2.07. The summed E-state index contributed by atoms with van der Waals surface area (Å²) in [5.41, 5.74) is 1.07. The lowest BCUT2D eigenvalue weighted by atomic mass is 9.53. The van der Waals surface area contributed by atoms with Crippen molar-refractivity contribution in [3.63, 3.8) is 0 Å². The van der Waals surface area contributed by atoms with Gasteiger partial charge in [0, 0.05) is 17.4 Å². The molecule has 4 saturated carbocycles. The molecule has 4 nitrogen and oxygen atoms in total. The van der Waals surface area contributed by atoms with E-state index in [2.05, 4.69) is 9.55 Å². The quantitative estimate of drug-likeness (QED) is 0.889. The van der Waals surface area contributed by atoms with Crippen LogP contribution in [0, 0.1) is 24.7 Å². The molecule has 4 bridgehead atoms. The van der Waals surface area contributed by atoms with Crippen molar-refractivity contribution in [2.45, 2.75) is 51.0 Å². The van der Waals surface area contributed by atoms with Gasteiger partial charge >= 0.3 is 5.97 Å². The zero-order chi connectivity index (χ0) is 13.2. The lowest BCUT2D eigenvalue weighted by Crippen LogP contribution is -2.52. The molecule has 4 aliphatic carbocycles. The van der Waals surface area contributed by atoms with E-state index in [1.165, 1.54) is 19.3 Å². The third-order valence-electron chi connectivity index (χ3n) is 5.61. The van der Waals surface area contributed by atoms with Crippen LogP contribution >= 0.6 is 0 Å². The van der Waals surface area contributed by atoms with Gasteiger partial charge in [0.1, 0.15) is 0 Å². The standard InChI is InChI=1S/C15H20N2O2/c1-9-8-16-13(14(18)19)17(9)15-5-10-2-11(6-15)4-12(3-10)7-15/h8,10-12H,2-7H2,1H3,(H,18,19). The Labute approximate surface area is 112 Å². The van der Waals surface area contributed by atoms with Gasteiger partial charge in [-0.25, -0.2) is 9.78 Å². The van der Waals surface area contributed by atoms with E-state index in [1.807, 2.05) is 6.92 Å². The highest BCUT2D eigenvalue weighted by Crippen LogP contribution is 2.59. The maximum atomic E-state index is 11.4. The van der Waals surface area contributed by atoms with E-state index in [0.29, 0.717) is 0 Å². The fourth-order valence-electron chi connectivity index (χ4n) is 5.53. The Bertz CT molecular complexity index is 511. The molecule has 0 radical (unpaired) electrons. The second-order valence-electron chi connectivity index (χ2n) is 7.01. The lowest BCUT2D eigenvalue weighted by Gasteiger charge is -2.57. The Morgan fingerprint density at radius 3 is 2.26 bits per heavy atom. The van der Waals surface area contributed by atoms with Crippen molar-refractivity contribution in [2.75, 3.05) is 0 Å². The summed E-state index contributed by atoms with van der Waals surface area (Å²) in [6.45, 7) is 2.00. The van der Waals surface area contributed by atoms with Crippen molar-refractivity contribution in [3.8, 4) is 0 Å². The number of rotatable bonds is 2. The SMILES string of the molecule is Cc1cnc(C(=O)O)n1C12CC3CC(CC(C3)C1)C2. The number of aromatic nitrogens is 2. The van der Waals surface area contributed by atoms with Crippen molar-refractivity contribution < 1.29 is 9.90 Å². The maximum absolute atomic E-state index is 11.4. The summed E-state index contributed by atoms with van der Waals surface area (Å²) in [7, 11) is 0. The molecular weight excluding hydrogens is 240 g/mol. The van der Waals surface area contributed by atoms with Gasteiger partial charge < -0.3 is 9.67 Å². The van der Waals surface area contributed by atoms with E-state index < -0.39 is 5.97 Å². The van der Waals surface area contributed by atoms with E-state index in [4.69, 9.17) is 0 Å². The first kappa shape index (κ1) is 11.5. The number of hydrogen-bond donors (Lipinski definition) is 1. The molecular formula is C15H20N2O2. The summed E-state index contributed by atoms with van der Waals surface area (Å²) in [6, 6.07) is 0. The zero-order valence-electron chi connectivity index (χ0n) is 11.3. The van der Waals surface area contributed by atoms with Crippen LogP contribution in [0.4, 0.5) is 0 Å². The minimum atomic E-state index is -0.885. The third kappa shape index (κ3) is 1.52. The van der Waals surface area contributed by atoms with Gasteiger partial charge in [0.2, 0.25) is 5.82 Å². The molecule has 1 aromatic rings. The van der Waals surface area contributed by atoms with Crippen molar-refractivity contribution in [3.05, 3.63) is 17.7 Å². The molecule has 19 heavy (non-hydrogen) atoms. The smallest absolute Gasteiger partial charge is 0.372 e. The topological polar surface area (TPSA) is 55.1 Å². The largest absolute Gasteiger partial charge is 0.475 e. The molecule has 0 aliphatic heterocycles. The Morgan fingerprint density at radius 1 is 1.26 bits per heavy atom. The Balaban J connectivity index is 1.84. The number of carbonyl (C=O) groups is 1. The van der Waals surface area contributed by atoms with E-state index in [-0.39, 0.29) is 11.4 Å². The number of carboxylic acids is 1. The molecule has 102 valence electrons. The molecule has 0 aromatic carbocycles. The molecule has 1 aromatic heterocycles. The average molecular weight is 260 g/mol. The van der Waals surface area contributed by atoms with Gasteiger partial charge in [-0.3, -0.25) is 0 Å². The van der Waals surface area contributed by atoms with Crippen molar-refractivity contribution >= 4 is 5.97 Å². The van der Waals surface area contributed by atoms with Crippen LogP contribution in [0.15, 0.2) is 6.20 Å². The molecule has 1 N–H and O–H groups in total. The van der Waals surface area contributed by atoms with E-state index in [9.17, 15) is 9.90 Å². The highest BCUT2D eigenvalue weighted by atomic mass is 16.4. The third-order valence-corrected chi connectivity index (χ3v) is 5.61. The van der Waals surface area contributed by atoms with Gasteiger partial charge in [0.15, 0.2) is 0 Å². The summed E-state index contributed by atoms with van der Waals surface area (Å²) in [5, 5.41) is 9.40. The van der Waals surface area contributed by atoms with Crippen molar-refractivity contribution in [1.82, 2.24) is 9.55 Å². The van der Waals surface area contributed by atoms with E-state index in [0.717, 1.165) is 42.7 Å². The second-order valence-corrected chi connectivity index (χ2v) is 7.01. The Morgan fingerprint density at radius 2 is 1.79 bits per heavy atom. The fraction of sp³-hybridized carbons (Fsp3) is 0.733. The number of hydrogen-bond acceptors (Lipinski definition) is 2. The number of aryl methyl sites for hydroxylation is 1. The van der Waals surface area contributed by atoms with E-state index in [1.54, 1.807) is 6.20 Å². The van der Waals surface area contributed by atoms with Gasteiger partial charge in [-0.2, -0.15) is 0 Å². The van der Waals surface area contributed by atoms with Gasteiger partial charge in [0.05, 0.1) is 0 Å². The number of aromatic carboxylic acids is 1. The minimum Gasteiger partial charge on any atom is -0.475 e. The van der Waals surface area contributed by atoms with Crippen molar-refractivity contribution in [2.24, 2.45) is 17.8 Å². The van der Waals surface area contributed by atoms with Gasteiger partial charge in [-0.1, -0.05) is 0 Å². The molecule has 0 amide bonds. The van der Waals surface area contributed by atoms with Crippen molar-refractivity contribution in [1.29, 1.82) is 0 Å². The molecule has 5 rings (SSSR count). The highest BCUT2D eigenvalue weighted by Gasteiger charge is 2.53. The average Bonchev–Trinajstić information content (AvgIpc) is 2.70. The first-order chi connectivity index (χ1) is 9.07. The molecule has 0 spiro atoms. The Hall–Kier alpha value is -1.32. The van der Waals surface area contributed by atoms with Crippen LogP contribution in [0.5, 0.6) is 0 Å². The number of nitrogens with zero attached hydrogens (tertiary/aromatic N) is 2. The van der Waals surface area contributed by atoms with Gasteiger partial charge in [0.25, 0.3) is 0 Å². The first-order valence-corrected chi connectivity index (χ1v) is 7.35. The highest BCUT2D eigenvalue weighted by molar-refractivity contribution is 5.83. The van der Waals surface area contributed by atoms with Crippen LogP contribution in [0.3, 0.4) is 0 Å². The van der Waals surface area contributed by atoms with Gasteiger partial charge in [-0.15, -0.1) is 0 Å². The molecule has 4 aliphatic rings. The van der Waals surface area contributed by atoms with Crippen LogP contribution in [0.1, 0.15) is 54.8 Å². The van der Waals surface area contributed by atoms with Gasteiger partial charge in [-0.05, 0) is 63.2 Å². The lowest BCUT2D eigenvalue weighted by molar-refractivity contribution is -0.0454. The predicted molar refractivity (Wildman–Crippen MR) is 70.1 cm³/mol. The predicted octanol–water partition coefficient (Wildman–Crippen LogP) is 2.82. The van der Waals surface area contributed by atoms with Crippen LogP contribution in [-0.2, 0) is 5.54 Å². The van der Waals surface area contributed by atoms with Crippen LogP contribution < -0.4 is 0 Å². The first-order valence-electron chi connectivity index (χ1n) is 7.35. The summed E-state index contributed by atoms with van der Waals surface area (Å²) in [4.78, 5) is 15.6. The second kappa shape index (κ2) is 3.62. The number of imidazole rings is 1. The summed E-state index contributed by atoms with van der Waals surface area (Å²) in [5.74, 6) is 1.81. The molecule has 0 unspecified atom stereocenters. The zero-order valence-corrected chi connectivity index (χ0v) is 11.3. The number of carboxylic acid groups (broad SMARTS) is 1. The summed E-state index contributed by atoms with van der Waals surface area (Å²) in [6.07, 6.45) is 9.33. The van der Waals surface area contributed by atoms with Crippen LogP contribution in [0.25, 0.3) is 0 Å². The fourth-order valence-corrected chi connectivity index (χ4v) is 5.53. The molecule has 1 heterocycles. The molecule has 0 saturated heterocycles. The normalized spacial score (nSPS) is 39.7. The summed E-state index contributed by atoms with van der Waals surface area (Å²) >= 11 is 0. The molecule has 0 atom stereocenters. The monoisotopic (exact) mass is 260 g/mol. The molecule has 4 fully saturated rings. The Kier molecular flexibility index (Phi) is 2.19.